The van der Waals surface area contributed by atoms with Crippen LogP contribution in [-0.4, -0.2) is 5.97 Å². The van der Waals surface area contributed by atoms with Gasteiger partial charge in [-0.2, -0.15) is 0 Å². The van der Waals surface area contributed by atoms with Crippen LogP contribution >= 0.6 is 0 Å². The molecule has 0 aromatic heterocycles. The molecule has 86 valence electrons. The van der Waals surface area contributed by atoms with Crippen molar-refractivity contribution in [1.82, 2.24) is 0 Å². The lowest BCUT2D eigenvalue weighted by molar-refractivity contribution is 0.0392. The highest BCUT2D eigenvalue weighted by Crippen LogP contribution is 2.46. The molecule has 1 atom stereocenters. The Kier molecular flexibility index (Phi) is 1.78. The first kappa shape index (κ1) is 9.66. The fourth-order valence-corrected chi connectivity index (χ4v) is 2.72. The van der Waals surface area contributed by atoms with E-state index < -0.39 is 0 Å². The summed E-state index contributed by atoms with van der Waals surface area (Å²) in [6.45, 7) is 0. The summed E-state index contributed by atoms with van der Waals surface area (Å²) in [5, 5.41) is 0. The van der Waals surface area contributed by atoms with Crippen molar-refractivity contribution < 1.29 is 9.53 Å². The minimum Gasteiger partial charge on any atom is -0.449 e. The first-order valence-electron chi connectivity index (χ1n) is 5.95. The van der Waals surface area contributed by atoms with Gasteiger partial charge in [-0.3, -0.25) is 0 Å². The van der Waals surface area contributed by atoms with E-state index >= 15 is 0 Å². The van der Waals surface area contributed by atoms with Crippen molar-refractivity contribution in [3.05, 3.63) is 70.8 Å². The van der Waals surface area contributed by atoms with Gasteiger partial charge in [0.15, 0.2) is 6.10 Å². The van der Waals surface area contributed by atoms with Crippen LogP contribution in [0.2, 0.25) is 0 Å². The molecule has 0 radical (unpaired) electrons. The molecule has 1 aliphatic heterocycles. The lowest BCUT2D eigenvalue weighted by atomic mass is 9.93. The molecule has 18 heavy (non-hydrogen) atoms. The molecule has 1 aliphatic carbocycles. The fourth-order valence-electron chi connectivity index (χ4n) is 2.72. The van der Waals surface area contributed by atoms with Crippen LogP contribution in [-0.2, 0) is 4.74 Å². The Morgan fingerprint density at radius 1 is 0.889 bits per heavy atom. The smallest absolute Gasteiger partial charge is 0.339 e. The van der Waals surface area contributed by atoms with E-state index in [1.165, 1.54) is 0 Å². The molecule has 0 spiro atoms. The molecule has 0 fully saturated rings. The number of carbonyl (C=O) groups excluding carboxylic acids is 1. The summed E-state index contributed by atoms with van der Waals surface area (Å²) in [6, 6.07) is 15.7. The molecule has 2 aromatic rings. The van der Waals surface area contributed by atoms with Crippen LogP contribution in [0.1, 0.15) is 33.2 Å². The molecule has 2 heteroatoms. The molecule has 2 nitrogen and oxygen atoms in total. The number of rotatable bonds is 0. The molecule has 0 bridgehead atoms. The largest absolute Gasteiger partial charge is 0.449 e. The van der Waals surface area contributed by atoms with E-state index in [1.807, 2.05) is 42.5 Å². The molecular weight excluding hydrogens is 224 g/mol. The summed E-state index contributed by atoms with van der Waals surface area (Å²) in [5.74, 6) is -0.232. The van der Waals surface area contributed by atoms with Gasteiger partial charge in [-0.15, -0.1) is 0 Å². The normalized spacial score (nSPS) is 19.4. The van der Waals surface area contributed by atoms with Gasteiger partial charge in [0.1, 0.15) is 0 Å². The molecule has 0 amide bonds. The number of benzene rings is 2. The highest BCUT2D eigenvalue weighted by Gasteiger charge is 2.35. The Balaban J connectivity index is 1.98. The maximum absolute atomic E-state index is 12.0. The van der Waals surface area contributed by atoms with Crippen molar-refractivity contribution in [2.45, 2.75) is 6.10 Å². The summed E-state index contributed by atoms with van der Waals surface area (Å²) in [4.78, 5) is 12.0. The minimum atomic E-state index is -0.233. The number of esters is 1. The van der Waals surface area contributed by atoms with Crippen LogP contribution < -0.4 is 0 Å². The number of fused-ring (bicyclic) bond motifs is 5. The summed E-state index contributed by atoms with van der Waals surface area (Å²) in [5.41, 5.74) is 4.96. The average Bonchev–Trinajstić information content (AvgIpc) is 2.78. The van der Waals surface area contributed by atoms with Crippen molar-refractivity contribution in [1.29, 1.82) is 0 Å². The summed E-state index contributed by atoms with van der Waals surface area (Å²) < 4.78 is 5.56. The standard InChI is InChI=1S/C16H10O2/c17-16-13-8-4-3-7-12(13)14-9-10-5-1-2-6-11(10)15(14)18-16/h1-9,15H. The zero-order chi connectivity index (χ0) is 12.1. The Bertz CT molecular complexity index is 698. The minimum absolute atomic E-state index is 0.232. The molecule has 0 saturated heterocycles. The molecule has 1 heterocycles. The lowest BCUT2D eigenvalue weighted by Gasteiger charge is -2.24. The molecule has 0 saturated carbocycles. The Labute approximate surface area is 105 Å². The van der Waals surface area contributed by atoms with Gasteiger partial charge >= 0.3 is 5.97 Å². The predicted molar refractivity (Wildman–Crippen MR) is 68.9 cm³/mol. The first-order chi connectivity index (χ1) is 8.84. The van der Waals surface area contributed by atoms with Gasteiger partial charge in [-0.25, -0.2) is 4.79 Å². The number of hydrogen-bond acceptors (Lipinski definition) is 2. The van der Waals surface area contributed by atoms with Gasteiger partial charge in [-0.1, -0.05) is 42.5 Å². The number of hydrogen-bond donors (Lipinski definition) is 0. The van der Waals surface area contributed by atoms with Gasteiger partial charge in [0.25, 0.3) is 0 Å². The van der Waals surface area contributed by atoms with Gasteiger partial charge < -0.3 is 4.74 Å². The SMILES string of the molecule is O=C1OC2C(=Cc3ccccc32)c2ccccc21. The lowest BCUT2D eigenvalue weighted by Crippen LogP contribution is -2.19. The van der Waals surface area contributed by atoms with Gasteiger partial charge in [0.2, 0.25) is 0 Å². The van der Waals surface area contributed by atoms with E-state index in [4.69, 9.17) is 4.74 Å². The third-order valence-corrected chi connectivity index (χ3v) is 3.55. The van der Waals surface area contributed by atoms with Crippen molar-refractivity contribution in [3.63, 3.8) is 0 Å². The van der Waals surface area contributed by atoms with Gasteiger partial charge in [0.05, 0.1) is 5.56 Å². The van der Waals surface area contributed by atoms with Crippen LogP contribution in [0.25, 0.3) is 11.6 Å². The van der Waals surface area contributed by atoms with E-state index in [1.54, 1.807) is 0 Å². The second kappa shape index (κ2) is 3.33. The summed E-state index contributed by atoms with van der Waals surface area (Å²) in [7, 11) is 0. The molecule has 2 aromatic carbocycles. The monoisotopic (exact) mass is 234 g/mol. The maximum atomic E-state index is 12.0. The Morgan fingerprint density at radius 2 is 1.61 bits per heavy atom. The van der Waals surface area contributed by atoms with Crippen LogP contribution in [0.3, 0.4) is 0 Å². The maximum Gasteiger partial charge on any atom is 0.339 e. The fraction of sp³-hybridized carbons (Fsp3) is 0.0625. The third-order valence-electron chi connectivity index (χ3n) is 3.55. The third kappa shape index (κ3) is 1.15. The van der Waals surface area contributed by atoms with Crippen molar-refractivity contribution in [3.8, 4) is 0 Å². The second-order valence-electron chi connectivity index (χ2n) is 4.56. The van der Waals surface area contributed by atoms with E-state index in [9.17, 15) is 4.79 Å². The van der Waals surface area contributed by atoms with E-state index in [-0.39, 0.29) is 12.1 Å². The highest BCUT2D eigenvalue weighted by atomic mass is 16.5. The molecule has 0 N–H and O–H groups in total. The Morgan fingerprint density at radius 3 is 2.50 bits per heavy atom. The number of carbonyl (C=O) groups is 1. The summed E-state index contributed by atoms with van der Waals surface area (Å²) >= 11 is 0. The van der Waals surface area contributed by atoms with E-state index in [0.29, 0.717) is 5.56 Å². The zero-order valence-electron chi connectivity index (χ0n) is 9.59. The molecule has 2 aliphatic rings. The molecule has 4 rings (SSSR count). The van der Waals surface area contributed by atoms with Crippen molar-refractivity contribution in [2.75, 3.05) is 0 Å². The van der Waals surface area contributed by atoms with Gasteiger partial charge in [-0.05, 0) is 23.3 Å². The van der Waals surface area contributed by atoms with Gasteiger partial charge in [0, 0.05) is 11.1 Å². The second-order valence-corrected chi connectivity index (χ2v) is 4.56. The van der Waals surface area contributed by atoms with E-state index in [0.717, 1.165) is 22.3 Å². The van der Waals surface area contributed by atoms with Crippen LogP contribution in [0, 0.1) is 0 Å². The predicted octanol–water partition coefficient (Wildman–Crippen LogP) is 3.45. The van der Waals surface area contributed by atoms with Crippen LogP contribution in [0.5, 0.6) is 0 Å². The first-order valence-corrected chi connectivity index (χ1v) is 5.95. The topological polar surface area (TPSA) is 26.3 Å². The average molecular weight is 234 g/mol. The van der Waals surface area contributed by atoms with Crippen molar-refractivity contribution in [2.24, 2.45) is 0 Å². The quantitative estimate of drug-likeness (QED) is 0.652. The highest BCUT2D eigenvalue weighted by molar-refractivity contribution is 6.04. The zero-order valence-corrected chi connectivity index (χ0v) is 9.59. The molecular formula is C16H10O2. The number of ether oxygens (including phenoxy) is 1. The van der Waals surface area contributed by atoms with Crippen LogP contribution in [0.15, 0.2) is 48.5 Å². The van der Waals surface area contributed by atoms with E-state index in [2.05, 4.69) is 12.1 Å². The van der Waals surface area contributed by atoms with Crippen molar-refractivity contribution >= 4 is 17.6 Å². The Hall–Kier alpha value is -2.35. The van der Waals surface area contributed by atoms with Crippen LogP contribution in [0.4, 0.5) is 0 Å². The molecule has 1 unspecified atom stereocenters. The summed E-state index contributed by atoms with van der Waals surface area (Å²) in [6.07, 6.45) is 1.88.